The van der Waals surface area contributed by atoms with Gasteiger partial charge >= 0.3 is 0 Å². The van der Waals surface area contributed by atoms with Gasteiger partial charge in [-0.2, -0.15) is 15.0 Å². The van der Waals surface area contributed by atoms with Crippen LogP contribution in [0.3, 0.4) is 0 Å². The number of piperidine rings is 1. The molecule has 8 heteroatoms. The van der Waals surface area contributed by atoms with E-state index in [2.05, 4.69) is 19.8 Å². The Morgan fingerprint density at radius 1 is 1.20 bits per heavy atom. The van der Waals surface area contributed by atoms with Crippen LogP contribution in [0, 0.1) is 0 Å². The summed E-state index contributed by atoms with van der Waals surface area (Å²) in [4.78, 5) is 3.94. The molecule has 0 spiro atoms. The Kier molecular flexibility index (Phi) is 5.82. The van der Waals surface area contributed by atoms with Crippen LogP contribution in [0.15, 0.2) is 36.5 Å². The van der Waals surface area contributed by atoms with Crippen molar-refractivity contribution >= 4 is 10.0 Å². The zero-order valence-corrected chi connectivity index (χ0v) is 15.3. The number of aromatic nitrogens is 3. The van der Waals surface area contributed by atoms with Crippen LogP contribution < -0.4 is 4.72 Å². The van der Waals surface area contributed by atoms with Gasteiger partial charge in [-0.15, -0.1) is 0 Å². The molecule has 0 atom stereocenters. The summed E-state index contributed by atoms with van der Waals surface area (Å²) in [6, 6.07) is 9.88. The summed E-state index contributed by atoms with van der Waals surface area (Å²) in [5, 5.41) is 8.85. The second kappa shape index (κ2) is 8.07. The number of nitrogens with zero attached hydrogens (tertiary/aromatic N) is 4. The fraction of sp³-hybridized carbons (Fsp3) is 0.529. The molecule has 0 unspecified atom stereocenters. The van der Waals surface area contributed by atoms with Crippen molar-refractivity contribution in [3.63, 3.8) is 0 Å². The predicted molar refractivity (Wildman–Crippen MR) is 96.9 cm³/mol. The Labute approximate surface area is 149 Å². The largest absolute Gasteiger partial charge is 0.297 e. The number of likely N-dealkylation sites (tertiary alicyclic amines) is 1. The molecule has 25 heavy (non-hydrogen) atoms. The van der Waals surface area contributed by atoms with Crippen molar-refractivity contribution in [1.82, 2.24) is 24.6 Å². The van der Waals surface area contributed by atoms with Gasteiger partial charge in [0.25, 0.3) is 0 Å². The monoisotopic (exact) mass is 363 g/mol. The second-order valence-electron chi connectivity index (χ2n) is 6.45. The van der Waals surface area contributed by atoms with Gasteiger partial charge in [0, 0.05) is 25.7 Å². The summed E-state index contributed by atoms with van der Waals surface area (Å²) in [7, 11) is -3.13. The van der Waals surface area contributed by atoms with Crippen molar-refractivity contribution in [3.8, 4) is 5.69 Å². The zero-order chi connectivity index (χ0) is 17.7. The molecule has 2 aromatic rings. The van der Waals surface area contributed by atoms with Crippen LogP contribution in [0.25, 0.3) is 5.69 Å². The maximum atomic E-state index is 11.9. The van der Waals surface area contributed by atoms with E-state index in [4.69, 9.17) is 0 Å². The molecule has 1 aromatic heterocycles. The maximum Gasteiger partial charge on any atom is 0.211 e. The number of nitrogens with one attached hydrogen (secondary N) is 1. The maximum absolute atomic E-state index is 11.9. The molecular weight excluding hydrogens is 338 g/mol. The minimum Gasteiger partial charge on any atom is -0.297 e. The Balaban J connectivity index is 1.50. The van der Waals surface area contributed by atoms with E-state index in [0.717, 1.165) is 43.9 Å². The number of hydrogen-bond acceptors (Lipinski definition) is 5. The number of rotatable bonds is 7. The molecule has 0 aliphatic carbocycles. The predicted octanol–water partition coefficient (Wildman–Crippen LogP) is 1.56. The van der Waals surface area contributed by atoms with Crippen molar-refractivity contribution in [3.05, 3.63) is 42.2 Å². The minimum absolute atomic E-state index is 0.0489. The highest BCUT2D eigenvalue weighted by Gasteiger charge is 2.23. The molecule has 3 rings (SSSR count). The van der Waals surface area contributed by atoms with E-state index < -0.39 is 10.0 Å². The molecule has 7 nitrogen and oxygen atoms in total. The molecule has 1 aliphatic rings. The Bertz CT molecular complexity index is 767. The third-order valence-corrected chi connectivity index (χ3v) is 5.96. The van der Waals surface area contributed by atoms with Gasteiger partial charge in [-0.25, -0.2) is 13.1 Å². The average Bonchev–Trinajstić information content (AvgIpc) is 3.06. The number of hydrogen-bond donors (Lipinski definition) is 1. The summed E-state index contributed by atoms with van der Waals surface area (Å²) in [6.45, 7) is 4.33. The normalized spacial score (nSPS) is 17.0. The van der Waals surface area contributed by atoms with Gasteiger partial charge in [-0.3, -0.25) is 4.90 Å². The highest BCUT2D eigenvalue weighted by atomic mass is 32.2. The average molecular weight is 363 g/mol. The van der Waals surface area contributed by atoms with Crippen LogP contribution in [-0.4, -0.2) is 53.2 Å². The van der Waals surface area contributed by atoms with E-state index in [1.807, 2.05) is 37.3 Å². The standard InChI is InChI=1S/C17H25N5O2S/c1-2-12-25(23,24)20-15-8-10-21(11-9-15)14-16-13-18-22(19-16)17-6-4-3-5-7-17/h3-7,13,15,20H,2,8-12,14H2,1H3. The van der Waals surface area contributed by atoms with Crippen LogP contribution >= 0.6 is 0 Å². The number of para-hydroxylation sites is 1. The summed E-state index contributed by atoms with van der Waals surface area (Å²) >= 11 is 0. The van der Waals surface area contributed by atoms with E-state index in [9.17, 15) is 8.42 Å². The van der Waals surface area contributed by atoms with E-state index >= 15 is 0 Å². The van der Waals surface area contributed by atoms with E-state index in [1.54, 1.807) is 11.0 Å². The molecule has 0 amide bonds. The molecule has 0 radical (unpaired) electrons. The fourth-order valence-electron chi connectivity index (χ4n) is 3.07. The molecular formula is C17H25N5O2S. The van der Waals surface area contributed by atoms with E-state index in [0.29, 0.717) is 6.42 Å². The molecule has 2 heterocycles. The molecule has 1 saturated heterocycles. The van der Waals surface area contributed by atoms with Gasteiger partial charge < -0.3 is 0 Å². The van der Waals surface area contributed by atoms with Gasteiger partial charge in [0.1, 0.15) is 0 Å². The summed E-state index contributed by atoms with van der Waals surface area (Å²) in [5.74, 6) is 0.204. The first-order valence-corrected chi connectivity index (χ1v) is 10.4. The summed E-state index contributed by atoms with van der Waals surface area (Å²) < 4.78 is 26.5. The third kappa shape index (κ3) is 5.10. The lowest BCUT2D eigenvalue weighted by atomic mass is 10.1. The lowest BCUT2D eigenvalue weighted by molar-refractivity contribution is 0.197. The smallest absolute Gasteiger partial charge is 0.211 e. The Hall–Kier alpha value is -1.77. The molecule has 1 aromatic carbocycles. The minimum atomic E-state index is -3.13. The van der Waals surface area contributed by atoms with Gasteiger partial charge in [-0.1, -0.05) is 25.1 Å². The number of sulfonamides is 1. The molecule has 0 bridgehead atoms. The molecule has 1 aliphatic heterocycles. The van der Waals surface area contributed by atoms with Crippen molar-refractivity contribution in [2.24, 2.45) is 0 Å². The third-order valence-electron chi connectivity index (χ3n) is 4.32. The van der Waals surface area contributed by atoms with Crippen molar-refractivity contribution in [1.29, 1.82) is 0 Å². The van der Waals surface area contributed by atoms with Crippen LogP contribution in [0.5, 0.6) is 0 Å². The fourth-order valence-corrected chi connectivity index (χ4v) is 4.47. The summed E-state index contributed by atoms with van der Waals surface area (Å²) in [6.07, 6.45) is 4.10. The Morgan fingerprint density at radius 2 is 1.92 bits per heavy atom. The van der Waals surface area contributed by atoms with Gasteiger partial charge in [0.2, 0.25) is 10.0 Å². The number of benzene rings is 1. The second-order valence-corrected chi connectivity index (χ2v) is 8.32. The van der Waals surface area contributed by atoms with Crippen LogP contribution in [0.2, 0.25) is 0 Å². The van der Waals surface area contributed by atoms with Crippen molar-refractivity contribution in [2.45, 2.75) is 38.8 Å². The Morgan fingerprint density at radius 3 is 2.60 bits per heavy atom. The first-order chi connectivity index (χ1) is 12.1. The van der Waals surface area contributed by atoms with Crippen LogP contribution in [0.1, 0.15) is 31.9 Å². The van der Waals surface area contributed by atoms with Crippen molar-refractivity contribution in [2.75, 3.05) is 18.8 Å². The van der Waals surface area contributed by atoms with Gasteiger partial charge in [0.15, 0.2) is 0 Å². The molecule has 0 saturated carbocycles. The van der Waals surface area contributed by atoms with Crippen LogP contribution in [-0.2, 0) is 16.6 Å². The molecule has 136 valence electrons. The first kappa shape index (κ1) is 18.0. The molecule has 1 fully saturated rings. The van der Waals surface area contributed by atoms with E-state index in [-0.39, 0.29) is 11.8 Å². The van der Waals surface area contributed by atoms with Crippen LogP contribution in [0.4, 0.5) is 0 Å². The van der Waals surface area contributed by atoms with Crippen molar-refractivity contribution < 1.29 is 8.42 Å². The highest BCUT2D eigenvalue weighted by molar-refractivity contribution is 7.89. The highest BCUT2D eigenvalue weighted by Crippen LogP contribution is 2.14. The first-order valence-electron chi connectivity index (χ1n) is 8.75. The van der Waals surface area contributed by atoms with E-state index in [1.165, 1.54) is 0 Å². The van der Waals surface area contributed by atoms with Gasteiger partial charge in [0.05, 0.1) is 23.3 Å². The quantitative estimate of drug-likeness (QED) is 0.807. The lowest BCUT2D eigenvalue weighted by Gasteiger charge is -2.31. The molecule has 1 N–H and O–H groups in total. The summed E-state index contributed by atoms with van der Waals surface area (Å²) in [5.41, 5.74) is 1.87. The lowest BCUT2D eigenvalue weighted by Crippen LogP contribution is -2.44. The SMILES string of the molecule is CCCS(=O)(=O)NC1CCN(Cc2cnn(-c3ccccc3)n2)CC1. The topological polar surface area (TPSA) is 80.1 Å². The van der Waals surface area contributed by atoms with Gasteiger partial charge in [-0.05, 0) is 31.4 Å². The zero-order valence-electron chi connectivity index (χ0n) is 14.5.